The van der Waals surface area contributed by atoms with Gasteiger partial charge in [0.1, 0.15) is 11.6 Å². The van der Waals surface area contributed by atoms with Gasteiger partial charge >= 0.3 is 0 Å². The van der Waals surface area contributed by atoms with Gasteiger partial charge in [0.05, 0.1) is 6.61 Å². The van der Waals surface area contributed by atoms with Crippen molar-refractivity contribution < 1.29 is 4.18 Å². The second kappa shape index (κ2) is 11.0. The molecule has 0 saturated heterocycles. The number of hydrogen-bond acceptors (Lipinski definition) is 6. The Morgan fingerprint density at radius 3 is 2.48 bits per heavy atom. The summed E-state index contributed by atoms with van der Waals surface area (Å²) in [4.78, 5) is 9.00. The van der Waals surface area contributed by atoms with E-state index >= 15 is 0 Å². The highest BCUT2D eigenvalue weighted by molar-refractivity contribution is 8.29. The molecule has 6 nitrogen and oxygen atoms in total. The van der Waals surface area contributed by atoms with Crippen LogP contribution in [0.15, 0.2) is 60.9 Å². The SMILES string of the molecule is CC(C)(C)S(C)(C)OCc1cccc(Nc2cc(-c3ccc(NCCCN)nc3)ccn2)c1. The van der Waals surface area contributed by atoms with Crippen LogP contribution >= 0.6 is 10.3 Å². The third kappa shape index (κ3) is 7.19. The summed E-state index contributed by atoms with van der Waals surface area (Å²) in [5.74, 6) is 1.64. The van der Waals surface area contributed by atoms with Gasteiger partial charge in [-0.3, -0.25) is 0 Å². The van der Waals surface area contributed by atoms with Crippen LogP contribution in [0.5, 0.6) is 0 Å². The highest BCUT2D eigenvalue weighted by Crippen LogP contribution is 2.54. The Kier molecular flexibility index (Phi) is 8.35. The van der Waals surface area contributed by atoms with Gasteiger partial charge in [0.2, 0.25) is 0 Å². The summed E-state index contributed by atoms with van der Waals surface area (Å²) in [5.41, 5.74) is 9.77. The second-order valence-electron chi connectivity index (χ2n) is 9.36. The zero-order valence-corrected chi connectivity index (χ0v) is 21.2. The molecule has 0 aliphatic carbocycles. The van der Waals surface area contributed by atoms with Crippen LogP contribution in [0.2, 0.25) is 0 Å². The summed E-state index contributed by atoms with van der Waals surface area (Å²) in [6.45, 7) is 8.80. The molecule has 0 unspecified atom stereocenters. The average Bonchev–Trinajstić information content (AvgIpc) is 2.78. The van der Waals surface area contributed by atoms with Gasteiger partial charge in [0.25, 0.3) is 0 Å². The van der Waals surface area contributed by atoms with Crippen LogP contribution in [0.4, 0.5) is 17.3 Å². The van der Waals surface area contributed by atoms with E-state index in [2.05, 4.69) is 72.1 Å². The normalized spacial score (nSPS) is 12.4. The lowest BCUT2D eigenvalue weighted by Gasteiger charge is -2.43. The molecule has 0 aliphatic heterocycles. The van der Waals surface area contributed by atoms with Crippen molar-refractivity contribution in [3.8, 4) is 11.1 Å². The second-order valence-corrected chi connectivity index (χ2v) is 13.3. The smallest absolute Gasteiger partial charge is 0.130 e. The number of nitrogens with two attached hydrogens (primary N) is 1. The fourth-order valence-electron chi connectivity index (χ4n) is 2.95. The molecule has 0 spiro atoms. The number of rotatable bonds is 10. The first-order valence-corrected chi connectivity index (χ1v) is 13.6. The molecule has 1 aromatic carbocycles. The Bertz CT molecular complexity index is 1030. The molecular formula is C26H37N5OS. The molecule has 0 bridgehead atoms. The Labute approximate surface area is 199 Å². The molecule has 3 aromatic rings. The highest BCUT2D eigenvalue weighted by atomic mass is 32.3. The van der Waals surface area contributed by atoms with Gasteiger partial charge < -0.3 is 20.6 Å². The van der Waals surface area contributed by atoms with Crippen LogP contribution in [0.25, 0.3) is 11.1 Å². The van der Waals surface area contributed by atoms with Crippen molar-refractivity contribution in [3.05, 3.63) is 66.5 Å². The monoisotopic (exact) mass is 467 g/mol. The minimum absolute atomic E-state index is 0.140. The number of anilines is 3. The minimum atomic E-state index is -1.16. The Hall–Kier alpha value is -2.61. The zero-order chi connectivity index (χ0) is 23.9. The summed E-state index contributed by atoms with van der Waals surface area (Å²) >= 11 is 0. The number of nitrogens with one attached hydrogen (secondary N) is 2. The third-order valence-corrected chi connectivity index (χ3v) is 9.39. The van der Waals surface area contributed by atoms with Gasteiger partial charge in [-0.2, -0.15) is 0 Å². The highest BCUT2D eigenvalue weighted by Gasteiger charge is 2.28. The van der Waals surface area contributed by atoms with Gasteiger partial charge in [0.15, 0.2) is 0 Å². The first kappa shape index (κ1) is 25.0. The Balaban J connectivity index is 1.66. The van der Waals surface area contributed by atoms with Gasteiger partial charge in [-0.1, -0.05) is 32.9 Å². The molecule has 7 heteroatoms. The van der Waals surface area contributed by atoms with Crippen molar-refractivity contribution in [1.29, 1.82) is 0 Å². The standard InChI is InChI=1S/C26H37N5OS/c1-26(2,3)33(4,5)32-19-20-8-6-9-23(16-20)31-25-17-21(12-15-29-25)22-10-11-24(30-18-22)28-14-7-13-27/h6,8-12,15-18H,7,13-14,19,27H2,1-5H3,(H,28,30)(H,29,31). The molecule has 0 fully saturated rings. The Morgan fingerprint density at radius 1 is 0.970 bits per heavy atom. The maximum atomic E-state index is 6.32. The molecule has 4 N–H and O–H groups in total. The zero-order valence-electron chi connectivity index (χ0n) is 20.4. The lowest BCUT2D eigenvalue weighted by atomic mass is 10.1. The number of hydrogen-bond donors (Lipinski definition) is 3. The molecule has 2 aromatic heterocycles. The van der Waals surface area contributed by atoms with E-state index in [0.717, 1.165) is 47.0 Å². The van der Waals surface area contributed by atoms with E-state index in [0.29, 0.717) is 13.2 Å². The topological polar surface area (TPSA) is 85.1 Å². The van der Waals surface area contributed by atoms with E-state index in [9.17, 15) is 0 Å². The predicted molar refractivity (Wildman–Crippen MR) is 143 cm³/mol. The summed E-state index contributed by atoms with van der Waals surface area (Å²) in [6, 6.07) is 16.4. The van der Waals surface area contributed by atoms with Crippen LogP contribution in [-0.4, -0.2) is 40.3 Å². The van der Waals surface area contributed by atoms with Crippen LogP contribution in [0, 0.1) is 0 Å². The van der Waals surface area contributed by atoms with Crippen LogP contribution in [0.1, 0.15) is 32.8 Å². The number of nitrogens with zero attached hydrogens (tertiary/aromatic N) is 2. The van der Waals surface area contributed by atoms with E-state index in [1.54, 1.807) is 0 Å². The summed E-state index contributed by atoms with van der Waals surface area (Å²) in [7, 11) is -1.16. The molecule has 33 heavy (non-hydrogen) atoms. The molecule has 0 radical (unpaired) electrons. The molecule has 0 aliphatic rings. The minimum Gasteiger partial charge on any atom is -0.370 e. The van der Waals surface area contributed by atoms with Gasteiger partial charge in [-0.05, 0) is 73.0 Å². The number of benzene rings is 1. The van der Waals surface area contributed by atoms with Crippen LogP contribution < -0.4 is 16.4 Å². The molecule has 0 atom stereocenters. The first-order valence-electron chi connectivity index (χ1n) is 11.3. The number of pyridine rings is 2. The third-order valence-electron chi connectivity index (χ3n) is 5.74. The first-order chi connectivity index (χ1) is 15.7. The van der Waals surface area contributed by atoms with E-state index in [4.69, 9.17) is 9.92 Å². The fraction of sp³-hybridized carbons (Fsp3) is 0.385. The largest absolute Gasteiger partial charge is 0.370 e. The van der Waals surface area contributed by atoms with Crippen molar-refractivity contribution in [3.63, 3.8) is 0 Å². The summed E-state index contributed by atoms with van der Waals surface area (Å²) in [6.07, 6.45) is 9.06. The quantitative estimate of drug-likeness (QED) is 0.320. The number of aromatic nitrogens is 2. The molecule has 0 amide bonds. The van der Waals surface area contributed by atoms with Crippen molar-refractivity contribution in [2.45, 2.75) is 38.5 Å². The molecular weight excluding hydrogens is 430 g/mol. The molecule has 2 heterocycles. The van der Waals surface area contributed by atoms with Crippen molar-refractivity contribution in [1.82, 2.24) is 9.97 Å². The van der Waals surface area contributed by atoms with Crippen molar-refractivity contribution in [2.75, 3.05) is 36.2 Å². The average molecular weight is 468 g/mol. The van der Waals surface area contributed by atoms with Gasteiger partial charge in [-0.25, -0.2) is 9.97 Å². The lowest BCUT2D eigenvalue weighted by molar-refractivity contribution is 0.339. The van der Waals surface area contributed by atoms with E-state index < -0.39 is 10.3 Å². The maximum Gasteiger partial charge on any atom is 0.130 e. The van der Waals surface area contributed by atoms with Crippen molar-refractivity contribution >= 4 is 27.6 Å². The fourth-order valence-corrected chi connectivity index (χ4v) is 3.73. The van der Waals surface area contributed by atoms with Gasteiger partial charge in [0, 0.05) is 34.9 Å². The predicted octanol–water partition coefficient (Wildman–Crippen LogP) is 5.94. The van der Waals surface area contributed by atoms with E-state index in [-0.39, 0.29) is 4.75 Å². The molecule has 178 valence electrons. The van der Waals surface area contributed by atoms with Crippen molar-refractivity contribution in [2.24, 2.45) is 5.73 Å². The van der Waals surface area contributed by atoms with E-state index in [1.165, 1.54) is 0 Å². The summed E-state index contributed by atoms with van der Waals surface area (Å²) in [5, 5.41) is 6.70. The summed E-state index contributed by atoms with van der Waals surface area (Å²) < 4.78 is 6.46. The lowest BCUT2D eigenvalue weighted by Crippen LogP contribution is -2.24. The van der Waals surface area contributed by atoms with Gasteiger partial charge in [-0.15, -0.1) is 10.3 Å². The maximum absolute atomic E-state index is 6.32. The molecule has 0 saturated carbocycles. The van der Waals surface area contributed by atoms with Crippen LogP contribution in [-0.2, 0) is 10.8 Å². The van der Waals surface area contributed by atoms with E-state index in [1.807, 2.05) is 42.7 Å². The molecule has 3 rings (SSSR count). The van der Waals surface area contributed by atoms with Crippen LogP contribution in [0.3, 0.4) is 0 Å². The Morgan fingerprint density at radius 2 is 1.79 bits per heavy atom.